The number of hydrogen-bond donors (Lipinski definition) is 1. The second kappa shape index (κ2) is 5.12. The molecule has 4 nitrogen and oxygen atoms in total. The lowest BCUT2D eigenvalue weighted by Crippen LogP contribution is -2.06. The number of nitrogens with two attached hydrogens (primary N) is 1. The third-order valence-corrected chi connectivity index (χ3v) is 2.74. The largest absolute Gasteiger partial charge is 0.491 e. The maximum Gasteiger partial charge on any atom is 0.144 e. The summed E-state index contributed by atoms with van der Waals surface area (Å²) < 4.78 is 7.48. The highest BCUT2D eigenvalue weighted by Crippen LogP contribution is 2.28. The quantitative estimate of drug-likeness (QED) is 0.843. The maximum atomic E-state index is 6.15. The molecule has 1 aromatic heterocycles. The molecular weight excluding hydrogens is 226 g/mol. The van der Waals surface area contributed by atoms with Crippen molar-refractivity contribution in [3.8, 4) is 11.4 Å². The first kappa shape index (κ1) is 12.5. The van der Waals surface area contributed by atoms with E-state index < -0.39 is 0 Å². The molecule has 0 bridgehead atoms. The highest BCUT2D eigenvalue weighted by atomic mass is 16.5. The zero-order valence-corrected chi connectivity index (χ0v) is 11.1. The number of nitrogens with zero attached hydrogens (tertiary/aromatic N) is 2. The minimum Gasteiger partial charge on any atom is -0.491 e. The Morgan fingerprint density at radius 2 is 2.11 bits per heavy atom. The molecule has 2 N–H and O–H groups in total. The van der Waals surface area contributed by atoms with E-state index in [4.69, 9.17) is 10.5 Å². The van der Waals surface area contributed by atoms with E-state index in [0.29, 0.717) is 12.3 Å². The Labute approximate surface area is 107 Å². The van der Waals surface area contributed by atoms with Crippen LogP contribution in [0.1, 0.15) is 24.7 Å². The van der Waals surface area contributed by atoms with Crippen molar-refractivity contribution in [1.82, 2.24) is 9.78 Å². The number of nitrogen functional groups attached to an aromatic ring is 1. The van der Waals surface area contributed by atoms with E-state index in [1.54, 1.807) is 0 Å². The van der Waals surface area contributed by atoms with Crippen LogP contribution in [0.4, 0.5) is 5.69 Å². The highest BCUT2D eigenvalue weighted by molar-refractivity contribution is 5.66. The number of benzene rings is 1. The molecule has 0 fully saturated rings. The van der Waals surface area contributed by atoms with Crippen LogP contribution >= 0.6 is 0 Å². The summed E-state index contributed by atoms with van der Waals surface area (Å²) >= 11 is 0. The SMILES string of the molecule is CCCOc1cccc(-n2nc(C)cc2C)c1N. The second-order valence-corrected chi connectivity index (χ2v) is 4.38. The molecule has 1 heterocycles. The van der Waals surface area contributed by atoms with Crippen LogP contribution in [-0.4, -0.2) is 16.4 Å². The van der Waals surface area contributed by atoms with E-state index in [-0.39, 0.29) is 0 Å². The van der Waals surface area contributed by atoms with Gasteiger partial charge in [0.15, 0.2) is 0 Å². The number of para-hydroxylation sites is 1. The maximum absolute atomic E-state index is 6.15. The third kappa shape index (κ3) is 2.32. The van der Waals surface area contributed by atoms with E-state index in [2.05, 4.69) is 12.0 Å². The van der Waals surface area contributed by atoms with Gasteiger partial charge in [0.05, 0.1) is 18.0 Å². The number of aromatic nitrogens is 2. The van der Waals surface area contributed by atoms with Gasteiger partial charge >= 0.3 is 0 Å². The van der Waals surface area contributed by atoms with Crippen molar-refractivity contribution >= 4 is 5.69 Å². The Balaban J connectivity index is 2.42. The van der Waals surface area contributed by atoms with Crippen LogP contribution in [0.15, 0.2) is 24.3 Å². The fourth-order valence-corrected chi connectivity index (χ4v) is 1.93. The summed E-state index contributed by atoms with van der Waals surface area (Å²) in [5.41, 5.74) is 9.69. The van der Waals surface area contributed by atoms with Crippen molar-refractivity contribution in [1.29, 1.82) is 0 Å². The molecule has 0 saturated carbocycles. The summed E-state index contributed by atoms with van der Waals surface area (Å²) in [4.78, 5) is 0. The fourth-order valence-electron chi connectivity index (χ4n) is 1.93. The molecule has 0 amide bonds. The van der Waals surface area contributed by atoms with Gasteiger partial charge in [-0.1, -0.05) is 13.0 Å². The monoisotopic (exact) mass is 245 g/mol. The fraction of sp³-hybridized carbons (Fsp3) is 0.357. The molecule has 1 aromatic carbocycles. The van der Waals surface area contributed by atoms with Crippen molar-refractivity contribution in [2.24, 2.45) is 0 Å². The van der Waals surface area contributed by atoms with Crippen LogP contribution in [0, 0.1) is 13.8 Å². The second-order valence-electron chi connectivity index (χ2n) is 4.38. The molecule has 0 aliphatic rings. The van der Waals surface area contributed by atoms with Crippen LogP contribution in [-0.2, 0) is 0 Å². The van der Waals surface area contributed by atoms with E-state index in [0.717, 1.165) is 29.2 Å². The first-order valence-corrected chi connectivity index (χ1v) is 6.18. The number of rotatable bonds is 4. The normalized spacial score (nSPS) is 10.6. The summed E-state index contributed by atoms with van der Waals surface area (Å²) in [5, 5.41) is 4.44. The van der Waals surface area contributed by atoms with Crippen LogP contribution in [0.5, 0.6) is 5.75 Å². The van der Waals surface area contributed by atoms with Crippen molar-refractivity contribution in [3.63, 3.8) is 0 Å². The molecule has 18 heavy (non-hydrogen) atoms. The van der Waals surface area contributed by atoms with Crippen molar-refractivity contribution < 1.29 is 4.74 Å². The van der Waals surface area contributed by atoms with Crippen molar-refractivity contribution in [2.45, 2.75) is 27.2 Å². The van der Waals surface area contributed by atoms with E-state index in [9.17, 15) is 0 Å². The standard InChI is InChI=1S/C14H19N3O/c1-4-8-18-13-7-5-6-12(14(13)15)17-11(3)9-10(2)16-17/h5-7,9H,4,8,15H2,1-3H3. The van der Waals surface area contributed by atoms with E-state index in [1.807, 2.05) is 42.8 Å². The van der Waals surface area contributed by atoms with E-state index >= 15 is 0 Å². The lowest BCUT2D eigenvalue weighted by Gasteiger charge is -2.12. The topological polar surface area (TPSA) is 53.1 Å². The summed E-state index contributed by atoms with van der Waals surface area (Å²) in [6.45, 7) is 6.72. The Morgan fingerprint density at radius 3 is 2.72 bits per heavy atom. The van der Waals surface area contributed by atoms with Gasteiger partial charge in [0.25, 0.3) is 0 Å². The number of aryl methyl sites for hydroxylation is 2. The van der Waals surface area contributed by atoms with Crippen LogP contribution < -0.4 is 10.5 Å². The lowest BCUT2D eigenvalue weighted by molar-refractivity contribution is 0.319. The van der Waals surface area contributed by atoms with Crippen molar-refractivity contribution in [3.05, 3.63) is 35.7 Å². The number of ether oxygens (including phenoxy) is 1. The molecule has 96 valence electrons. The smallest absolute Gasteiger partial charge is 0.144 e. The molecule has 4 heteroatoms. The predicted octanol–water partition coefficient (Wildman–Crippen LogP) is 2.86. The number of hydrogen-bond acceptors (Lipinski definition) is 3. The molecule has 0 aliphatic carbocycles. The Kier molecular flexibility index (Phi) is 3.55. The van der Waals surface area contributed by atoms with Gasteiger partial charge in [-0.05, 0) is 38.5 Å². The van der Waals surface area contributed by atoms with Crippen molar-refractivity contribution in [2.75, 3.05) is 12.3 Å². The average molecular weight is 245 g/mol. The number of anilines is 1. The van der Waals surface area contributed by atoms with Crippen LogP contribution in [0.3, 0.4) is 0 Å². The van der Waals surface area contributed by atoms with Gasteiger partial charge in [-0.3, -0.25) is 0 Å². The summed E-state index contributed by atoms with van der Waals surface area (Å²) in [7, 11) is 0. The minimum atomic E-state index is 0.636. The molecule has 2 rings (SSSR count). The molecule has 0 spiro atoms. The Morgan fingerprint density at radius 1 is 1.33 bits per heavy atom. The van der Waals surface area contributed by atoms with Gasteiger partial charge in [-0.15, -0.1) is 0 Å². The van der Waals surface area contributed by atoms with Crippen LogP contribution in [0.2, 0.25) is 0 Å². The molecule has 2 aromatic rings. The minimum absolute atomic E-state index is 0.636. The third-order valence-electron chi connectivity index (χ3n) is 2.74. The highest BCUT2D eigenvalue weighted by Gasteiger charge is 2.10. The molecular formula is C14H19N3O. The molecule has 0 unspecified atom stereocenters. The summed E-state index contributed by atoms with van der Waals surface area (Å²) in [6, 6.07) is 7.81. The Hall–Kier alpha value is -1.97. The van der Waals surface area contributed by atoms with Crippen LogP contribution in [0.25, 0.3) is 5.69 Å². The van der Waals surface area contributed by atoms with Gasteiger partial charge < -0.3 is 10.5 Å². The summed E-state index contributed by atoms with van der Waals surface area (Å²) in [5.74, 6) is 0.724. The first-order valence-electron chi connectivity index (χ1n) is 6.18. The zero-order valence-electron chi connectivity index (χ0n) is 11.1. The van der Waals surface area contributed by atoms with Gasteiger partial charge in [0, 0.05) is 5.69 Å². The molecule has 0 atom stereocenters. The lowest BCUT2D eigenvalue weighted by atomic mass is 10.2. The average Bonchev–Trinajstić information content (AvgIpc) is 2.67. The van der Waals surface area contributed by atoms with Gasteiger partial charge in [0.2, 0.25) is 0 Å². The predicted molar refractivity (Wildman–Crippen MR) is 73.2 cm³/mol. The summed E-state index contributed by atoms with van der Waals surface area (Å²) in [6.07, 6.45) is 0.962. The van der Waals surface area contributed by atoms with Gasteiger partial charge in [-0.2, -0.15) is 5.10 Å². The zero-order chi connectivity index (χ0) is 13.1. The van der Waals surface area contributed by atoms with Gasteiger partial charge in [0.1, 0.15) is 11.4 Å². The Bertz CT molecular complexity index is 546. The van der Waals surface area contributed by atoms with Gasteiger partial charge in [-0.25, -0.2) is 4.68 Å². The van der Waals surface area contributed by atoms with E-state index in [1.165, 1.54) is 0 Å². The molecule has 0 radical (unpaired) electrons. The first-order chi connectivity index (χ1) is 8.63. The molecule has 0 aliphatic heterocycles. The molecule has 0 saturated heterocycles.